The van der Waals surface area contributed by atoms with Gasteiger partial charge in [-0.1, -0.05) is 83.1 Å². The maximum Gasteiger partial charge on any atom is 0.115 e. The first kappa shape index (κ1) is 53.2. The maximum atomic E-state index is 10.9. The summed E-state index contributed by atoms with van der Waals surface area (Å²) in [5.74, 6) is 19.8. The first-order valence-electron chi connectivity index (χ1n) is 21.7. The molecule has 4 atom stereocenters. The summed E-state index contributed by atoms with van der Waals surface area (Å²) in [5, 5.41) is 21.8. The van der Waals surface area contributed by atoms with Crippen molar-refractivity contribution in [1.29, 1.82) is 0 Å². The summed E-state index contributed by atoms with van der Waals surface area (Å²) in [7, 11) is -2.51. The molecule has 0 radical (unpaired) electrons. The van der Waals surface area contributed by atoms with Crippen LogP contribution in [0, 0.1) is 0 Å². The molecule has 4 unspecified atom stereocenters. The van der Waals surface area contributed by atoms with E-state index in [0.717, 1.165) is 25.7 Å². The summed E-state index contributed by atoms with van der Waals surface area (Å²) in [4.78, 5) is 0. The van der Waals surface area contributed by atoms with E-state index in [-0.39, 0.29) is 13.2 Å². The summed E-state index contributed by atoms with van der Waals surface area (Å²) >= 11 is 0. The molecule has 52 heavy (non-hydrogen) atoms. The number of aliphatic hydroxyl groups excluding tert-OH is 2. The third kappa shape index (κ3) is 17.7. The van der Waals surface area contributed by atoms with Crippen molar-refractivity contribution in [3.05, 3.63) is 0 Å². The second-order valence-electron chi connectivity index (χ2n) is 14.4. The van der Waals surface area contributed by atoms with Crippen LogP contribution in [0.2, 0.25) is 0 Å². The van der Waals surface area contributed by atoms with Gasteiger partial charge in [0.15, 0.2) is 0 Å². The van der Waals surface area contributed by atoms with Crippen molar-refractivity contribution in [2.75, 3.05) is 132 Å². The molecular formula is C42H94O6S4. The highest BCUT2D eigenvalue weighted by Crippen LogP contribution is 2.49. The van der Waals surface area contributed by atoms with Crippen molar-refractivity contribution >= 4 is 40.1 Å². The molecular weight excluding hydrogens is 729 g/mol. The fourth-order valence-electron chi connectivity index (χ4n) is 7.88. The Morgan fingerprint density at radius 2 is 0.519 bits per heavy atom. The molecule has 10 heteroatoms. The predicted octanol–water partition coefficient (Wildman–Crippen LogP) is 9.53. The Labute approximate surface area is 332 Å². The van der Waals surface area contributed by atoms with E-state index in [0.29, 0.717) is 26.4 Å². The molecule has 6 nitrogen and oxygen atoms in total. The highest BCUT2D eigenvalue weighted by Gasteiger charge is 2.38. The smallest absolute Gasteiger partial charge is 0.115 e. The van der Waals surface area contributed by atoms with E-state index < -0.39 is 64.5 Å². The van der Waals surface area contributed by atoms with Crippen LogP contribution in [0.1, 0.15) is 109 Å². The number of ether oxygens (including phenoxy) is 4. The summed E-state index contributed by atoms with van der Waals surface area (Å²) < 4.78 is 26.8. The van der Waals surface area contributed by atoms with Crippen molar-refractivity contribution in [2.45, 2.75) is 133 Å². The van der Waals surface area contributed by atoms with Crippen LogP contribution >= 0.6 is 40.1 Å². The van der Waals surface area contributed by atoms with E-state index in [9.17, 15) is 10.2 Å². The van der Waals surface area contributed by atoms with Crippen LogP contribution in [0.3, 0.4) is 0 Å². The summed E-state index contributed by atoms with van der Waals surface area (Å²) in [6.45, 7) is 30.2. The molecule has 0 aromatic carbocycles. The fraction of sp³-hybridized carbons (Fsp3) is 1.00. The Kier molecular flexibility index (Phi) is 30.9. The zero-order valence-corrected chi connectivity index (χ0v) is 40.1. The van der Waals surface area contributed by atoms with Crippen molar-refractivity contribution in [2.24, 2.45) is 0 Å². The monoisotopic (exact) mass is 823 g/mol. The number of rotatable bonds is 37. The Morgan fingerprint density at radius 1 is 0.327 bits per heavy atom. The van der Waals surface area contributed by atoms with Crippen LogP contribution in [0.5, 0.6) is 0 Å². The minimum Gasteiger partial charge on any atom is -0.394 e. The molecule has 0 bridgehead atoms. The molecule has 0 saturated carbocycles. The predicted molar refractivity (Wildman–Crippen MR) is 248 cm³/mol. The average Bonchev–Trinajstić information content (AvgIpc) is 3.20. The van der Waals surface area contributed by atoms with Crippen molar-refractivity contribution in [1.82, 2.24) is 0 Å². The molecule has 322 valence electrons. The Bertz CT molecular complexity index is 721. The molecule has 2 N–H and O–H groups in total. The Balaban J connectivity index is 6.37. The van der Waals surface area contributed by atoms with Gasteiger partial charge < -0.3 is 29.2 Å². The lowest BCUT2D eigenvalue weighted by Crippen LogP contribution is -2.52. The molecule has 0 aliphatic rings. The molecule has 0 aliphatic heterocycles. The quantitative estimate of drug-likeness (QED) is 0.0609. The fourth-order valence-corrected chi connectivity index (χ4v) is 19.2. The van der Waals surface area contributed by atoms with E-state index in [1.165, 1.54) is 92.0 Å². The van der Waals surface area contributed by atoms with E-state index >= 15 is 0 Å². The standard InChI is InChI=1S/C42H94O6S4/c1-13-49(14-2,15-3)33-25-29-45-39(37-43)41(47-31-27-35-51(19-7,20-8)21-9)42(48-32-28-36-52(22-10,23-11)24-12)40(38-44)46-30-26-34-50(16-4,17-5)18-6/h39-44H,13-38H2,1-12H3. The van der Waals surface area contributed by atoms with Crippen molar-refractivity contribution in [3.63, 3.8) is 0 Å². The second-order valence-corrected chi connectivity index (χ2v) is 32.8. The van der Waals surface area contributed by atoms with E-state index in [2.05, 4.69) is 83.1 Å². The molecule has 0 rings (SSSR count). The van der Waals surface area contributed by atoms with Crippen LogP contribution in [0.4, 0.5) is 0 Å². The number of aliphatic hydroxyl groups is 2. The van der Waals surface area contributed by atoms with E-state index in [4.69, 9.17) is 18.9 Å². The van der Waals surface area contributed by atoms with Crippen molar-refractivity contribution < 1.29 is 29.2 Å². The molecule has 0 saturated heterocycles. The number of hydrogen-bond acceptors (Lipinski definition) is 6. The third-order valence-corrected chi connectivity index (χ3v) is 32.3. The van der Waals surface area contributed by atoms with Gasteiger partial charge in [0.05, 0.1) is 13.2 Å². The van der Waals surface area contributed by atoms with Crippen LogP contribution < -0.4 is 0 Å². The number of hydrogen-bond donors (Lipinski definition) is 2. The Hall–Kier alpha value is 1.16. The van der Waals surface area contributed by atoms with Gasteiger partial charge in [0.1, 0.15) is 24.4 Å². The first-order valence-corrected chi connectivity index (χ1v) is 30.9. The first-order chi connectivity index (χ1) is 25.0. The van der Waals surface area contributed by atoms with Gasteiger partial charge in [-0.05, 0) is 118 Å². The van der Waals surface area contributed by atoms with Gasteiger partial charge >= 0.3 is 0 Å². The van der Waals surface area contributed by atoms with Crippen LogP contribution in [0.25, 0.3) is 0 Å². The minimum absolute atomic E-state index is 0.145. The van der Waals surface area contributed by atoms with Gasteiger partial charge in [-0.3, -0.25) is 0 Å². The zero-order valence-electron chi connectivity index (χ0n) is 36.9. The highest BCUT2D eigenvalue weighted by molar-refractivity contribution is 8.34. The molecule has 0 fully saturated rings. The van der Waals surface area contributed by atoms with Gasteiger partial charge in [-0.15, -0.1) is 0 Å². The second kappa shape index (κ2) is 30.3. The average molecular weight is 823 g/mol. The molecule has 0 aliphatic carbocycles. The lowest BCUT2D eigenvalue weighted by molar-refractivity contribution is -0.190. The summed E-state index contributed by atoms with van der Waals surface area (Å²) in [6.07, 6.45) is 1.81. The highest BCUT2D eigenvalue weighted by atomic mass is 32.3. The van der Waals surface area contributed by atoms with Crippen LogP contribution in [0.15, 0.2) is 0 Å². The third-order valence-electron chi connectivity index (χ3n) is 12.9. The van der Waals surface area contributed by atoms with Gasteiger partial charge in [0, 0.05) is 26.4 Å². The molecule has 0 heterocycles. The zero-order chi connectivity index (χ0) is 39.5. The van der Waals surface area contributed by atoms with Gasteiger partial charge in [0.25, 0.3) is 0 Å². The lowest BCUT2D eigenvalue weighted by Gasteiger charge is -2.40. The minimum atomic E-state index is -0.638. The maximum absolute atomic E-state index is 10.9. The van der Waals surface area contributed by atoms with Gasteiger partial charge in [0.2, 0.25) is 0 Å². The van der Waals surface area contributed by atoms with E-state index in [1.54, 1.807) is 0 Å². The van der Waals surface area contributed by atoms with Crippen LogP contribution in [-0.4, -0.2) is 166 Å². The Morgan fingerprint density at radius 3 is 0.692 bits per heavy atom. The topological polar surface area (TPSA) is 77.4 Å². The van der Waals surface area contributed by atoms with Crippen LogP contribution in [-0.2, 0) is 18.9 Å². The summed E-state index contributed by atoms with van der Waals surface area (Å²) in [5.41, 5.74) is 0. The lowest BCUT2D eigenvalue weighted by atomic mass is 10.0. The largest absolute Gasteiger partial charge is 0.394 e. The van der Waals surface area contributed by atoms with Crippen molar-refractivity contribution in [3.8, 4) is 0 Å². The SMILES string of the molecule is CCS(CC)(CC)CCCOC(CO)C(OCCCS(CC)(CC)CC)C(OCCCS(CC)(CC)CC)C(CO)OCCCS(CC)(CC)CC. The van der Waals surface area contributed by atoms with Gasteiger partial charge in [-0.2, -0.15) is 0 Å². The molecule has 0 aromatic heterocycles. The van der Waals surface area contributed by atoms with E-state index in [1.807, 2.05) is 0 Å². The molecule has 0 amide bonds. The summed E-state index contributed by atoms with van der Waals surface area (Å²) in [6, 6.07) is 0. The molecule has 0 aromatic rings. The molecule has 0 spiro atoms. The van der Waals surface area contributed by atoms with Gasteiger partial charge in [-0.25, -0.2) is 40.1 Å². The normalized spacial score (nSPS) is 16.8.